The Kier molecular flexibility index (Phi) is 4.35. The molecule has 0 aromatic heterocycles. The van der Waals surface area contributed by atoms with Gasteiger partial charge < -0.3 is 9.84 Å². The fraction of sp³-hybridized carbons (Fsp3) is 0.0667. The molecule has 0 fully saturated rings. The van der Waals surface area contributed by atoms with E-state index >= 15 is 0 Å². The molecule has 0 saturated heterocycles. The molecule has 8 heteroatoms. The summed E-state index contributed by atoms with van der Waals surface area (Å²) < 4.78 is 55.5. The molecule has 0 unspecified atom stereocenters. The van der Waals surface area contributed by atoms with Crippen LogP contribution >= 0.6 is 0 Å². The SMILES string of the molecule is O=C(Oc1cc(C(F)(F)F)ccc1C(=O)O)c1ccc(F)cc1. The number of carboxylic acid groups (broad SMARTS) is 1. The summed E-state index contributed by atoms with van der Waals surface area (Å²) in [5, 5.41) is 8.96. The van der Waals surface area contributed by atoms with Crippen molar-refractivity contribution in [3.63, 3.8) is 0 Å². The Labute approximate surface area is 126 Å². The second kappa shape index (κ2) is 6.07. The van der Waals surface area contributed by atoms with E-state index in [2.05, 4.69) is 0 Å². The van der Waals surface area contributed by atoms with E-state index in [1.165, 1.54) is 0 Å². The molecule has 23 heavy (non-hydrogen) atoms. The van der Waals surface area contributed by atoms with Crippen LogP contribution in [0.1, 0.15) is 26.3 Å². The number of aromatic carboxylic acids is 1. The highest BCUT2D eigenvalue weighted by Crippen LogP contribution is 2.33. The quantitative estimate of drug-likeness (QED) is 0.529. The van der Waals surface area contributed by atoms with Crippen LogP contribution in [-0.2, 0) is 6.18 Å². The van der Waals surface area contributed by atoms with Gasteiger partial charge in [0.05, 0.1) is 11.1 Å². The van der Waals surface area contributed by atoms with Gasteiger partial charge in [-0.25, -0.2) is 14.0 Å². The fourth-order valence-corrected chi connectivity index (χ4v) is 1.70. The number of rotatable bonds is 3. The van der Waals surface area contributed by atoms with Crippen LogP contribution < -0.4 is 4.74 Å². The fourth-order valence-electron chi connectivity index (χ4n) is 1.70. The van der Waals surface area contributed by atoms with Gasteiger partial charge >= 0.3 is 18.1 Å². The zero-order valence-electron chi connectivity index (χ0n) is 11.2. The third-order valence-electron chi connectivity index (χ3n) is 2.82. The van der Waals surface area contributed by atoms with Gasteiger partial charge in [0, 0.05) is 0 Å². The second-order valence-corrected chi connectivity index (χ2v) is 4.41. The number of hydrogen-bond acceptors (Lipinski definition) is 3. The van der Waals surface area contributed by atoms with Gasteiger partial charge in [-0.3, -0.25) is 0 Å². The molecule has 2 rings (SSSR count). The van der Waals surface area contributed by atoms with Crippen LogP contribution in [0.15, 0.2) is 42.5 Å². The van der Waals surface area contributed by atoms with Crippen LogP contribution in [0.3, 0.4) is 0 Å². The Morgan fingerprint density at radius 3 is 2.13 bits per heavy atom. The van der Waals surface area contributed by atoms with Crippen molar-refractivity contribution in [3.05, 3.63) is 65.0 Å². The highest BCUT2D eigenvalue weighted by atomic mass is 19.4. The molecule has 0 heterocycles. The Hall–Kier alpha value is -2.90. The van der Waals surface area contributed by atoms with Gasteiger partial charge in [0.2, 0.25) is 0 Å². The van der Waals surface area contributed by atoms with Crippen molar-refractivity contribution in [2.24, 2.45) is 0 Å². The lowest BCUT2D eigenvalue weighted by Crippen LogP contribution is -2.13. The Bertz CT molecular complexity index is 751. The first-order valence-electron chi connectivity index (χ1n) is 6.11. The van der Waals surface area contributed by atoms with Crippen molar-refractivity contribution in [2.45, 2.75) is 6.18 Å². The molecule has 0 saturated carbocycles. The Morgan fingerprint density at radius 1 is 1.00 bits per heavy atom. The number of hydrogen-bond donors (Lipinski definition) is 1. The van der Waals surface area contributed by atoms with Crippen molar-refractivity contribution >= 4 is 11.9 Å². The molecule has 120 valence electrons. The molecule has 2 aromatic carbocycles. The third-order valence-corrected chi connectivity index (χ3v) is 2.82. The smallest absolute Gasteiger partial charge is 0.416 e. The second-order valence-electron chi connectivity index (χ2n) is 4.41. The first-order chi connectivity index (χ1) is 10.7. The standard InChI is InChI=1S/C15H8F4O4/c16-10-4-1-8(2-5-10)14(22)23-12-7-9(15(17,18)19)3-6-11(12)13(20)21/h1-7H,(H,20,21). The van der Waals surface area contributed by atoms with E-state index in [0.29, 0.717) is 18.2 Å². The van der Waals surface area contributed by atoms with Crippen molar-refractivity contribution in [1.82, 2.24) is 0 Å². The monoisotopic (exact) mass is 328 g/mol. The average Bonchev–Trinajstić information content (AvgIpc) is 2.46. The lowest BCUT2D eigenvalue weighted by molar-refractivity contribution is -0.137. The van der Waals surface area contributed by atoms with Gasteiger partial charge in [0.15, 0.2) is 0 Å². The van der Waals surface area contributed by atoms with E-state index in [9.17, 15) is 27.2 Å². The maximum absolute atomic E-state index is 12.8. The summed E-state index contributed by atoms with van der Waals surface area (Å²) in [5.41, 5.74) is -1.90. The number of alkyl halides is 3. The highest BCUT2D eigenvalue weighted by molar-refractivity contribution is 5.95. The molecule has 0 aliphatic rings. The highest BCUT2D eigenvalue weighted by Gasteiger charge is 2.32. The summed E-state index contributed by atoms with van der Waals surface area (Å²) in [4.78, 5) is 22.9. The summed E-state index contributed by atoms with van der Waals surface area (Å²) in [5.74, 6) is -4.03. The molecule has 2 aromatic rings. The number of carbonyl (C=O) groups excluding carboxylic acids is 1. The maximum atomic E-state index is 12.8. The van der Waals surface area contributed by atoms with E-state index in [1.54, 1.807) is 0 Å². The van der Waals surface area contributed by atoms with E-state index in [-0.39, 0.29) is 5.56 Å². The summed E-state index contributed by atoms with van der Waals surface area (Å²) >= 11 is 0. The van der Waals surface area contributed by atoms with Crippen molar-refractivity contribution in [1.29, 1.82) is 0 Å². The van der Waals surface area contributed by atoms with Gasteiger partial charge in [-0.1, -0.05) is 0 Å². The minimum atomic E-state index is -4.73. The number of carbonyl (C=O) groups is 2. The lowest BCUT2D eigenvalue weighted by atomic mass is 10.1. The van der Waals surface area contributed by atoms with Crippen molar-refractivity contribution < 1.29 is 37.0 Å². The molecule has 0 amide bonds. The van der Waals surface area contributed by atoms with E-state index < -0.39 is 40.8 Å². The van der Waals surface area contributed by atoms with Gasteiger partial charge in [0.1, 0.15) is 17.1 Å². The number of ether oxygens (including phenoxy) is 1. The molecule has 0 radical (unpaired) electrons. The first kappa shape index (κ1) is 16.5. The number of esters is 1. The van der Waals surface area contributed by atoms with Crippen molar-refractivity contribution in [3.8, 4) is 5.75 Å². The van der Waals surface area contributed by atoms with Crippen LogP contribution in [-0.4, -0.2) is 17.0 Å². The van der Waals surface area contributed by atoms with Gasteiger partial charge in [-0.05, 0) is 42.5 Å². The summed E-state index contributed by atoms with van der Waals surface area (Å²) in [6, 6.07) is 5.72. The molecule has 0 spiro atoms. The number of carboxylic acids is 1. The van der Waals surface area contributed by atoms with Gasteiger partial charge in [-0.15, -0.1) is 0 Å². The predicted octanol–water partition coefficient (Wildman–Crippen LogP) is 3.76. The molecule has 0 bridgehead atoms. The first-order valence-corrected chi connectivity index (χ1v) is 6.11. The average molecular weight is 328 g/mol. The molecule has 0 aliphatic carbocycles. The summed E-state index contributed by atoms with van der Waals surface area (Å²) in [6.07, 6.45) is -4.73. The topological polar surface area (TPSA) is 63.6 Å². The Morgan fingerprint density at radius 2 is 1.61 bits per heavy atom. The zero-order chi connectivity index (χ0) is 17.2. The van der Waals surface area contributed by atoms with Crippen LogP contribution in [0.25, 0.3) is 0 Å². The van der Waals surface area contributed by atoms with Gasteiger partial charge in [0.25, 0.3) is 0 Å². The molecule has 1 N–H and O–H groups in total. The van der Waals surface area contributed by atoms with Crippen LogP contribution in [0, 0.1) is 5.82 Å². The molecule has 0 atom stereocenters. The third kappa shape index (κ3) is 3.85. The number of halogens is 4. The maximum Gasteiger partial charge on any atom is 0.416 e. The molecule has 0 aliphatic heterocycles. The van der Waals surface area contributed by atoms with Crippen LogP contribution in [0.4, 0.5) is 17.6 Å². The van der Waals surface area contributed by atoms with Crippen LogP contribution in [0.2, 0.25) is 0 Å². The van der Waals surface area contributed by atoms with E-state index in [4.69, 9.17) is 9.84 Å². The zero-order valence-corrected chi connectivity index (χ0v) is 11.2. The molecular weight excluding hydrogens is 320 g/mol. The van der Waals surface area contributed by atoms with Crippen molar-refractivity contribution in [2.75, 3.05) is 0 Å². The minimum absolute atomic E-state index is 0.139. The Balaban J connectivity index is 2.38. The normalized spacial score (nSPS) is 11.1. The minimum Gasteiger partial charge on any atom is -0.478 e. The summed E-state index contributed by atoms with van der Waals surface area (Å²) in [7, 11) is 0. The molecular formula is C15H8F4O4. The lowest BCUT2D eigenvalue weighted by Gasteiger charge is -2.11. The summed E-state index contributed by atoms with van der Waals surface area (Å²) in [6.45, 7) is 0. The number of benzene rings is 2. The molecule has 4 nitrogen and oxygen atoms in total. The van der Waals surface area contributed by atoms with Gasteiger partial charge in [-0.2, -0.15) is 13.2 Å². The predicted molar refractivity (Wildman–Crippen MR) is 69.8 cm³/mol. The largest absolute Gasteiger partial charge is 0.478 e. The van der Waals surface area contributed by atoms with E-state index in [1.807, 2.05) is 0 Å². The van der Waals surface area contributed by atoms with E-state index in [0.717, 1.165) is 24.3 Å². The van der Waals surface area contributed by atoms with Crippen LogP contribution in [0.5, 0.6) is 5.75 Å².